The summed E-state index contributed by atoms with van der Waals surface area (Å²) >= 11 is 0. The summed E-state index contributed by atoms with van der Waals surface area (Å²) in [7, 11) is -0.776. The van der Waals surface area contributed by atoms with Crippen molar-refractivity contribution in [3.05, 3.63) is 72.7 Å². The van der Waals surface area contributed by atoms with E-state index in [4.69, 9.17) is 13.9 Å². The van der Waals surface area contributed by atoms with Crippen LogP contribution in [0, 0.1) is 0 Å². The van der Waals surface area contributed by atoms with Crippen LogP contribution in [0.4, 0.5) is 5.69 Å². The minimum Gasteiger partial charge on any atom is -0.497 e. The summed E-state index contributed by atoms with van der Waals surface area (Å²) in [5.74, 6) is 0.292. The van der Waals surface area contributed by atoms with Gasteiger partial charge in [-0.15, -0.1) is 0 Å². The molecule has 1 heterocycles. The molecule has 0 aliphatic rings. The summed E-state index contributed by atoms with van der Waals surface area (Å²) in [4.78, 5) is 12.0. The molecule has 140 valence electrons. The van der Waals surface area contributed by atoms with Gasteiger partial charge in [-0.2, -0.15) is 0 Å². The lowest BCUT2D eigenvalue weighted by atomic mass is 10.3. The van der Waals surface area contributed by atoms with E-state index in [0.717, 1.165) is 4.31 Å². The molecule has 0 unspecified atom stereocenters. The van der Waals surface area contributed by atoms with Gasteiger partial charge in [0.25, 0.3) is 10.0 Å². The van der Waals surface area contributed by atoms with Crippen molar-refractivity contribution in [1.29, 1.82) is 0 Å². The van der Waals surface area contributed by atoms with E-state index in [1.54, 1.807) is 30.3 Å². The van der Waals surface area contributed by atoms with Crippen LogP contribution in [-0.4, -0.2) is 28.5 Å². The van der Waals surface area contributed by atoms with Gasteiger partial charge in [-0.3, -0.25) is 4.31 Å². The molecule has 0 aliphatic heterocycles. The largest absolute Gasteiger partial charge is 0.497 e. The Hall–Kier alpha value is -3.26. The zero-order valence-electron chi connectivity index (χ0n) is 14.7. The lowest BCUT2D eigenvalue weighted by Gasteiger charge is -2.20. The number of esters is 1. The molecule has 2 aromatic carbocycles. The van der Waals surface area contributed by atoms with Crippen LogP contribution in [0.25, 0.3) is 0 Å². The third kappa shape index (κ3) is 3.95. The predicted octanol–water partition coefficient (Wildman–Crippen LogP) is 3.33. The van der Waals surface area contributed by atoms with Crippen LogP contribution in [0.2, 0.25) is 0 Å². The zero-order chi connectivity index (χ0) is 19.4. The molecule has 0 atom stereocenters. The molecule has 0 bridgehead atoms. The van der Waals surface area contributed by atoms with Crippen molar-refractivity contribution in [3.63, 3.8) is 0 Å². The van der Waals surface area contributed by atoms with Gasteiger partial charge in [0.05, 0.1) is 24.0 Å². The summed E-state index contributed by atoms with van der Waals surface area (Å²) in [6.45, 7) is 0. The fourth-order valence-corrected chi connectivity index (χ4v) is 3.52. The number of hydrogen-bond acceptors (Lipinski definition) is 6. The Morgan fingerprint density at radius 2 is 1.59 bits per heavy atom. The summed E-state index contributed by atoms with van der Waals surface area (Å²) in [5.41, 5.74) is 0.420. The van der Waals surface area contributed by atoms with E-state index in [1.165, 1.54) is 50.8 Å². The first-order valence-corrected chi connectivity index (χ1v) is 9.34. The van der Waals surface area contributed by atoms with Gasteiger partial charge in [0.2, 0.25) is 5.76 Å². The van der Waals surface area contributed by atoms with Crippen molar-refractivity contribution in [3.8, 4) is 11.5 Å². The van der Waals surface area contributed by atoms with Gasteiger partial charge in [0.15, 0.2) is 0 Å². The number of rotatable bonds is 6. The van der Waals surface area contributed by atoms with Crippen LogP contribution in [0.1, 0.15) is 10.6 Å². The number of methoxy groups -OCH3 is 1. The van der Waals surface area contributed by atoms with Crippen LogP contribution >= 0.6 is 0 Å². The Morgan fingerprint density at radius 3 is 2.15 bits per heavy atom. The summed E-state index contributed by atoms with van der Waals surface area (Å²) < 4.78 is 41.8. The number of furan rings is 1. The molecule has 0 saturated heterocycles. The molecule has 8 heteroatoms. The Bertz CT molecular complexity index is 1010. The van der Waals surface area contributed by atoms with E-state index in [0.29, 0.717) is 11.4 Å². The molecule has 0 aliphatic carbocycles. The molecule has 0 radical (unpaired) electrons. The average Bonchev–Trinajstić information content (AvgIpc) is 3.23. The molecular formula is C19H17NO6S. The molecule has 0 N–H and O–H groups in total. The smallest absolute Gasteiger partial charge is 0.379 e. The second-order valence-corrected chi connectivity index (χ2v) is 7.48. The maximum Gasteiger partial charge on any atom is 0.379 e. The van der Waals surface area contributed by atoms with Gasteiger partial charge in [0.1, 0.15) is 11.5 Å². The van der Waals surface area contributed by atoms with Crippen molar-refractivity contribution in [2.45, 2.75) is 4.90 Å². The standard InChI is InChI=1S/C19H17NO6S/c1-20(27(22,23)17-11-9-15(24-2)10-12-17)14-5-7-16(8-6-14)26-19(21)18-4-3-13-25-18/h3-13H,1-2H3. The van der Waals surface area contributed by atoms with E-state index in [-0.39, 0.29) is 16.4 Å². The second-order valence-electron chi connectivity index (χ2n) is 5.51. The van der Waals surface area contributed by atoms with Crippen LogP contribution in [0.3, 0.4) is 0 Å². The first kappa shape index (κ1) is 18.5. The first-order chi connectivity index (χ1) is 12.9. The summed E-state index contributed by atoms with van der Waals surface area (Å²) in [6.07, 6.45) is 1.37. The van der Waals surface area contributed by atoms with E-state index < -0.39 is 16.0 Å². The Labute approximate surface area is 156 Å². The van der Waals surface area contributed by atoms with Gasteiger partial charge in [-0.05, 0) is 60.7 Å². The third-order valence-electron chi connectivity index (χ3n) is 3.85. The van der Waals surface area contributed by atoms with Crippen LogP contribution in [0.5, 0.6) is 11.5 Å². The minimum atomic E-state index is -3.73. The van der Waals surface area contributed by atoms with Gasteiger partial charge in [-0.25, -0.2) is 13.2 Å². The van der Waals surface area contributed by atoms with Crippen molar-refractivity contribution in [1.82, 2.24) is 0 Å². The lowest BCUT2D eigenvalue weighted by molar-refractivity contribution is 0.0701. The fraction of sp³-hybridized carbons (Fsp3) is 0.105. The molecule has 3 rings (SSSR count). The summed E-state index contributed by atoms with van der Waals surface area (Å²) in [5, 5.41) is 0. The van der Waals surface area contributed by atoms with E-state index in [9.17, 15) is 13.2 Å². The van der Waals surface area contributed by atoms with E-state index in [1.807, 2.05) is 0 Å². The Morgan fingerprint density at radius 1 is 0.963 bits per heavy atom. The second kappa shape index (κ2) is 7.55. The molecule has 7 nitrogen and oxygen atoms in total. The molecule has 3 aromatic rings. The maximum absolute atomic E-state index is 12.7. The number of carbonyl (C=O) groups is 1. The SMILES string of the molecule is COc1ccc(S(=O)(=O)N(C)c2ccc(OC(=O)c3ccco3)cc2)cc1. The topological polar surface area (TPSA) is 86.0 Å². The molecule has 0 saturated carbocycles. The molecule has 0 spiro atoms. The van der Waals surface area contributed by atoms with Gasteiger partial charge in [-0.1, -0.05) is 0 Å². The number of benzene rings is 2. The number of carbonyl (C=O) groups excluding carboxylic acids is 1. The normalized spacial score (nSPS) is 11.0. The van der Waals surface area contributed by atoms with Crippen molar-refractivity contribution in [2.24, 2.45) is 0 Å². The van der Waals surface area contributed by atoms with Crippen LogP contribution < -0.4 is 13.8 Å². The average molecular weight is 387 g/mol. The number of sulfonamides is 1. The van der Waals surface area contributed by atoms with Crippen LogP contribution in [-0.2, 0) is 10.0 Å². The molecule has 27 heavy (non-hydrogen) atoms. The maximum atomic E-state index is 12.7. The lowest BCUT2D eigenvalue weighted by Crippen LogP contribution is -2.26. The molecule has 1 aromatic heterocycles. The van der Waals surface area contributed by atoms with Crippen molar-refractivity contribution in [2.75, 3.05) is 18.5 Å². The molecular weight excluding hydrogens is 370 g/mol. The number of ether oxygens (including phenoxy) is 2. The number of hydrogen-bond donors (Lipinski definition) is 0. The number of anilines is 1. The minimum absolute atomic E-state index is 0.0817. The monoisotopic (exact) mass is 387 g/mol. The van der Waals surface area contributed by atoms with Gasteiger partial charge >= 0.3 is 5.97 Å². The van der Waals surface area contributed by atoms with Crippen LogP contribution in [0.15, 0.2) is 76.2 Å². The third-order valence-corrected chi connectivity index (χ3v) is 5.65. The van der Waals surface area contributed by atoms with Crippen molar-refractivity contribution >= 4 is 21.7 Å². The molecule has 0 amide bonds. The Kier molecular flexibility index (Phi) is 5.18. The Balaban J connectivity index is 1.76. The number of nitrogens with zero attached hydrogens (tertiary/aromatic N) is 1. The predicted molar refractivity (Wildman–Crippen MR) is 98.7 cm³/mol. The highest BCUT2D eigenvalue weighted by molar-refractivity contribution is 7.92. The highest BCUT2D eigenvalue weighted by Gasteiger charge is 2.21. The van der Waals surface area contributed by atoms with Gasteiger partial charge in [0, 0.05) is 7.05 Å². The highest BCUT2D eigenvalue weighted by Crippen LogP contribution is 2.25. The fourth-order valence-electron chi connectivity index (χ4n) is 2.32. The first-order valence-electron chi connectivity index (χ1n) is 7.90. The zero-order valence-corrected chi connectivity index (χ0v) is 15.5. The quantitative estimate of drug-likeness (QED) is 0.476. The molecule has 0 fully saturated rings. The summed E-state index contributed by atoms with van der Waals surface area (Å²) in [6, 6.07) is 15.3. The van der Waals surface area contributed by atoms with E-state index >= 15 is 0 Å². The van der Waals surface area contributed by atoms with Gasteiger partial charge < -0.3 is 13.9 Å². The van der Waals surface area contributed by atoms with E-state index in [2.05, 4.69) is 0 Å². The highest BCUT2D eigenvalue weighted by atomic mass is 32.2. The van der Waals surface area contributed by atoms with Crippen molar-refractivity contribution < 1.29 is 27.1 Å².